The fourth-order valence-electron chi connectivity index (χ4n) is 1.99. The molecule has 0 radical (unpaired) electrons. The molecule has 0 saturated carbocycles. The van der Waals surface area contributed by atoms with Gasteiger partial charge in [0.25, 0.3) is 0 Å². The largest absolute Gasteiger partial charge is 0.379 e. The molecular weight excluding hydrogens is 292 g/mol. The summed E-state index contributed by atoms with van der Waals surface area (Å²) in [7, 11) is 1.64. The van der Waals surface area contributed by atoms with Crippen LogP contribution >= 0.6 is 0 Å². The van der Waals surface area contributed by atoms with Crippen LogP contribution in [0, 0.1) is 0 Å². The van der Waals surface area contributed by atoms with Crippen LogP contribution in [0.3, 0.4) is 0 Å². The number of carbonyl (C=O) groups is 1. The number of benzene rings is 2. The summed E-state index contributed by atoms with van der Waals surface area (Å²) in [6.45, 7) is 4.17. The molecule has 0 heterocycles. The van der Waals surface area contributed by atoms with E-state index in [-0.39, 0.29) is 12.2 Å². The summed E-state index contributed by atoms with van der Waals surface area (Å²) in [6, 6.07) is 17.1. The smallest absolute Gasteiger partial charge is 0.373 e. The number of hydrogen-bond donors (Lipinski definition) is 0. The average molecular weight is 314 g/mol. The lowest BCUT2D eigenvalue weighted by molar-refractivity contribution is -0.247. The molecule has 2 aromatic rings. The minimum absolute atomic E-state index is 0.283. The van der Waals surface area contributed by atoms with Crippen LogP contribution in [0.25, 0.3) is 11.1 Å². The second-order valence-electron chi connectivity index (χ2n) is 5.85. The van der Waals surface area contributed by atoms with Crippen molar-refractivity contribution >= 4 is 5.97 Å². The van der Waals surface area contributed by atoms with Gasteiger partial charge >= 0.3 is 5.97 Å². The van der Waals surface area contributed by atoms with E-state index in [1.807, 2.05) is 56.3 Å². The van der Waals surface area contributed by atoms with Crippen LogP contribution in [-0.2, 0) is 14.5 Å². The zero-order valence-corrected chi connectivity index (χ0v) is 13.7. The van der Waals surface area contributed by atoms with Gasteiger partial charge in [0, 0.05) is 13.5 Å². The van der Waals surface area contributed by atoms with Gasteiger partial charge in [0.2, 0.25) is 0 Å². The number of rotatable bonds is 7. The van der Waals surface area contributed by atoms with E-state index in [0.717, 1.165) is 11.1 Å². The van der Waals surface area contributed by atoms with E-state index in [1.165, 1.54) is 0 Å². The fraction of sp³-hybridized carbons (Fsp3) is 0.316. The molecule has 0 fully saturated rings. The second-order valence-corrected chi connectivity index (χ2v) is 5.85. The maximum absolute atomic E-state index is 12.0. The standard InChI is InChI=1S/C19H22O4/c1-19(2,21-3)12-13-22-23-18(20)17-11-7-10-16(14-17)15-8-5-4-6-9-15/h4-11,14H,12-13H2,1-3H3. The Morgan fingerprint density at radius 3 is 2.39 bits per heavy atom. The highest BCUT2D eigenvalue weighted by molar-refractivity contribution is 5.90. The van der Waals surface area contributed by atoms with Crippen LogP contribution in [-0.4, -0.2) is 25.3 Å². The molecule has 0 aliphatic rings. The average Bonchev–Trinajstić information content (AvgIpc) is 2.59. The van der Waals surface area contributed by atoms with Crippen LogP contribution in [0.1, 0.15) is 30.6 Å². The minimum Gasteiger partial charge on any atom is -0.379 e. The highest BCUT2D eigenvalue weighted by Gasteiger charge is 2.17. The lowest BCUT2D eigenvalue weighted by atomic mass is 10.0. The maximum atomic E-state index is 12.0. The fourth-order valence-corrected chi connectivity index (χ4v) is 1.99. The Balaban J connectivity index is 1.93. The van der Waals surface area contributed by atoms with Gasteiger partial charge in [-0.25, -0.2) is 4.79 Å². The monoisotopic (exact) mass is 314 g/mol. The molecule has 0 amide bonds. The third-order valence-corrected chi connectivity index (χ3v) is 3.68. The molecule has 0 aliphatic carbocycles. The van der Waals surface area contributed by atoms with E-state index in [4.69, 9.17) is 14.5 Å². The third kappa shape index (κ3) is 5.20. The molecule has 2 aromatic carbocycles. The molecule has 0 saturated heterocycles. The number of ether oxygens (including phenoxy) is 1. The quantitative estimate of drug-likeness (QED) is 0.435. The highest BCUT2D eigenvalue weighted by atomic mass is 17.2. The van der Waals surface area contributed by atoms with E-state index >= 15 is 0 Å². The van der Waals surface area contributed by atoms with Gasteiger partial charge in [-0.15, -0.1) is 0 Å². The Labute approximate surface area is 136 Å². The van der Waals surface area contributed by atoms with Crippen molar-refractivity contribution in [1.29, 1.82) is 0 Å². The number of methoxy groups -OCH3 is 1. The van der Waals surface area contributed by atoms with E-state index < -0.39 is 5.97 Å². The predicted octanol–water partition coefficient (Wildman–Crippen LogP) is 4.26. The summed E-state index contributed by atoms with van der Waals surface area (Å²) in [4.78, 5) is 21.9. The first-order valence-electron chi connectivity index (χ1n) is 7.56. The summed E-state index contributed by atoms with van der Waals surface area (Å²) in [5, 5.41) is 0. The molecule has 2 rings (SSSR count). The summed E-state index contributed by atoms with van der Waals surface area (Å²) in [6.07, 6.45) is 0.626. The van der Waals surface area contributed by atoms with Gasteiger partial charge in [-0.1, -0.05) is 42.5 Å². The van der Waals surface area contributed by atoms with Gasteiger partial charge in [0.1, 0.15) is 0 Å². The number of carbonyl (C=O) groups excluding carboxylic acids is 1. The van der Waals surface area contributed by atoms with Crippen molar-refractivity contribution in [2.75, 3.05) is 13.7 Å². The normalized spacial score (nSPS) is 11.3. The summed E-state index contributed by atoms with van der Waals surface area (Å²) in [5.41, 5.74) is 2.16. The Kier molecular flexibility index (Phi) is 5.90. The molecule has 0 bridgehead atoms. The Hall–Kier alpha value is -2.17. The molecule has 0 spiro atoms. The van der Waals surface area contributed by atoms with E-state index in [1.54, 1.807) is 19.2 Å². The molecule has 0 aromatic heterocycles. The van der Waals surface area contributed by atoms with Crippen molar-refractivity contribution in [2.24, 2.45) is 0 Å². The van der Waals surface area contributed by atoms with Gasteiger partial charge in [-0.2, -0.15) is 4.89 Å². The van der Waals surface area contributed by atoms with Crippen LogP contribution in [0.2, 0.25) is 0 Å². The lowest BCUT2D eigenvalue weighted by Crippen LogP contribution is -2.24. The molecular formula is C19H22O4. The first-order chi connectivity index (χ1) is 11.0. The van der Waals surface area contributed by atoms with Crippen molar-refractivity contribution in [2.45, 2.75) is 25.9 Å². The molecule has 4 nitrogen and oxygen atoms in total. The maximum Gasteiger partial charge on any atom is 0.373 e. The first kappa shape index (κ1) is 17.2. The van der Waals surface area contributed by atoms with Crippen molar-refractivity contribution < 1.29 is 19.3 Å². The van der Waals surface area contributed by atoms with Crippen molar-refractivity contribution in [3.8, 4) is 11.1 Å². The third-order valence-electron chi connectivity index (χ3n) is 3.68. The zero-order chi connectivity index (χ0) is 16.7. The Bertz CT molecular complexity index is 635. The zero-order valence-electron chi connectivity index (χ0n) is 13.7. The van der Waals surface area contributed by atoms with E-state index in [0.29, 0.717) is 12.0 Å². The Morgan fingerprint density at radius 1 is 1.00 bits per heavy atom. The molecule has 0 unspecified atom stereocenters. The Morgan fingerprint density at radius 2 is 1.70 bits per heavy atom. The topological polar surface area (TPSA) is 44.8 Å². The van der Waals surface area contributed by atoms with Gasteiger partial charge in [-0.05, 0) is 37.1 Å². The summed E-state index contributed by atoms with van der Waals surface area (Å²) >= 11 is 0. The van der Waals surface area contributed by atoms with Gasteiger partial charge in [-0.3, -0.25) is 4.89 Å². The molecule has 23 heavy (non-hydrogen) atoms. The van der Waals surface area contributed by atoms with Gasteiger partial charge < -0.3 is 4.74 Å². The van der Waals surface area contributed by atoms with Crippen molar-refractivity contribution in [3.05, 3.63) is 60.2 Å². The van der Waals surface area contributed by atoms with Crippen LogP contribution in [0.5, 0.6) is 0 Å². The van der Waals surface area contributed by atoms with Gasteiger partial charge in [0.05, 0.1) is 17.8 Å². The molecule has 0 atom stereocenters. The van der Waals surface area contributed by atoms with E-state index in [9.17, 15) is 4.79 Å². The molecule has 4 heteroatoms. The summed E-state index contributed by atoms with van der Waals surface area (Å²) in [5.74, 6) is -0.502. The van der Waals surface area contributed by atoms with Gasteiger partial charge in [0.15, 0.2) is 0 Å². The first-order valence-corrected chi connectivity index (χ1v) is 7.56. The van der Waals surface area contributed by atoms with Crippen molar-refractivity contribution in [3.63, 3.8) is 0 Å². The minimum atomic E-state index is -0.502. The summed E-state index contributed by atoms with van der Waals surface area (Å²) < 4.78 is 5.27. The van der Waals surface area contributed by atoms with Crippen molar-refractivity contribution in [1.82, 2.24) is 0 Å². The second kappa shape index (κ2) is 7.90. The van der Waals surface area contributed by atoms with E-state index in [2.05, 4.69) is 0 Å². The molecule has 0 aliphatic heterocycles. The number of hydrogen-bond acceptors (Lipinski definition) is 4. The molecule has 0 N–H and O–H groups in total. The van der Waals surface area contributed by atoms with Crippen LogP contribution in [0.4, 0.5) is 0 Å². The SMILES string of the molecule is COC(C)(C)CCOOC(=O)c1cccc(-c2ccccc2)c1. The lowest BCUT2D eigenvalue weighted by Gasteiger charge is -2.21. The predicted molar refractivity (Wildman–Crippen MR) is 89.0 cm³/mol. The van der Waals surface area contributed by atoms with Crippen LogP contribution in [0.15, 0.2) is 54.6 Å². The molecule has 122 valence electrons. The highest BCUT2D eigenvalue weighted by Crippen LogP contribution is 2.20. The van der Waals surface area contributed by atoms with Crippen LogP contribution < -0.4 is 0 Å².